The molecule has 0 aromatic carbocycles. The van der Waals surface area contributed by atoms with Crippen molar-refractivity contribution in [2.75, 3.05) is 19.3 Å². The van der Waals surface area contributed by atoms with Gasteiger partial charge in [-0.05, 0) is 43.8 Å². The number of amidine groups is 1. The Balaban J connectivity index is 1.93. The smallest absolute Gasteiger partial charge is 0.208 e. The van der Waals surface area contributed by atoms with Gasteiger partial charge >= 0.3 is 0 Å². The molecule has 0 amide bonds. The van der Waals surface area contributed by atoms with E-state index in [0.29, 0.717) is 0 Å². The molecule has 82 valence electrons. The molecule has 2 aliphatic rings. The van der Waals surface area contributed by atoms with Crippen LogP contribution in [0.1, 0.15) is 25.7 Å². The molecule has 4 heteroatoms. The van der Waals surface area contributed by atoms with E-state index in [1.165, 1.54) is 25.7 Å². The summed E-state index contributed by atoms with van der Waals surface area (Å²) >= 11 is 1.60. The Hall–Kier alpha value is -0.690. The van der Waals surface area contributed by atoms with Crippen LogP contribution in [0.3, 0.4) is 0 Å². The van der Waals surface area contributed by atoms with Crippen molar-refractivity contribution in [2.24, 2.45) is 16.8 Å². The minimum Gasteiger partial charge on any atom is -0.350 e. The second-order valence-electron chi connectivity index (χ2n) is 4.49. The Morgan fingerprint density at radius 1 is 1.33 bits per heavy atom. The van der Waals surface area contributed by atoms with Crippen molar-refractivity contribution in [3.05, 3.63) is 0 Å². The first-order valence-corrected chi connectivity index (χ1v) is 6.81. The average Bonchev–Trinajstić information content (AvgIpc) is 3.07. The molecule has 2 saturated carbocycles. The number of nitriles is 1. The highest BCUT2D eigenvalue weighted by Crippen LogP contribution is 2.34. The normalized spacial score (nSPS) is 21.2. The number of hydrogen-bond donors (Lipinski definition) is 0. The van der Waals surface area contributed by atoms with Gasteiger partial charge in [-0.25, -0.2) is 0 Å². The Labute approximate surface area is 95.5 Å². The van der Waals surface area contributed by atoms with E-state index in [-0.39, 0.29) is 0 Å². The van der Waals surface area contributed by atoms with Crippen molar-refractivity contribution < 1.29 is 0 Å². The molecule has 0 aliphatic heterocycles. The number of nitrogens with zero attached hydrogens (tertiary/aromatic N) is 3. The summed E-state index contributed by atoms with van der Waals surface area (Å²) in [7, 11) is 0. The quantitative estimate of drug-likeness (QED) is 0.417. The third kappa shape index (κ3) is 3.42. The van der Waals surface area contributed by atoms with Crippen molar-refractivity contribution in [1.29, 1.82) is 5.26 Å². The summed E-state index contributed by atoms with van der Waals surface area (Å²) in [4.78, 5) is 6.24. The van der Waals surface area contributed by atoms with Crippen LogP contribution in [0.5, 0.6) is 0 Å². The van der Waals surface area contributed by atoms with E-state index in [4.69, 9.17) is 5.26 Å². The molecule has 2 fully saturated rings. The summed E-state index contributed by atoms with van der Waals surface area (Å²) in [6.45, 7) is 2.22. The van der Waals surface area contributed by atoms with Crippen LogP contribution in [-0.2, 0) is 0 Å². The zero-order valence-electron chi connectivity index (χ0n) is 9.15. The molecular formula is C11H17N3S. The standard InChI is InChI=1S/C11H17N3S/c1-15-11(13-8-12)14(6-9-2-3-9)7-10-4-5-10/h9-10H,2-7H2,1H3. The molecule has 0 bridgehead atoms. The van der Waals surface area contributed by atoms with E-state index in [9.17, 15) is 0 Å². The molecule has 2 aliphatic carbocycles. The highest BCUT2D eigenvalue weighted by atomic mass is 32.2. The monoisotopic (exact) mass is 223 g/mol. The molecule has 0 heterocycles. The second kappa shape index (κ2) is 4.89. The Morgan fingerprint density at radius 2 is 1.87 bits per heavy atom. The van der Waals surface area contributed by atoms with Crippen LogP contribution in [0.4, 0.5) is 0 Å². The van der Waals surface area contributed by atoms with Crippen molar-refractivity contribution in [1.82, 2.24) is 4.90 Å². The number of aliphatic imine (C=N–C) groups is 1. The van der Waals surface area contributed by atoms with E-state index in [1.54, 1.807) is 11.8 Å². The summed E-state index contributed by atoms with van der Waals surface area (Å²) in [6.07, 6.45) is 9.34. The fourth-order valence-corrected chi connectivity index (χ4v) is 2.28. The summed E-state index contributed by atoms with van der Waals surface area (Å²) < 4.78 is 0. The molecule has 15 heavy (non-hydrogen) atoms. The molecule has 0 aromatic heterocycles. The van der Waals surface area contributed by atoms with Gasteiger partial charge in [0.05, 0.1) is 0 Å². The van der Waals surface area contributed by atoms with Gasteiger partial charge in [-0.1, -0.05) is 11.8 Å². The van der Waals surface area contributed by atoms with Gasteiger partial charge in [-0.15, -0.1) is 4.99 Å². The third-order valence-corrected chi connectivity index (χ3v) is 3.66. The molecule has 0 atom stereocenters. The maximum Gasteiger partial charge on any atom is 0.208 e. The molecule has 0 N–H and O–H groups in total. The van der Waals surface area contributed by atoms with Gasteiger partial charge in [0.2, 0.25) is 6.19 Å². The van der Waals surface area contributed by atoms with Crippen LogP contribution in [0.25, 0.3) is 0 Å². The SMILES string of the molecule is CSC(=NC#N)N(CC1CC1)CC1CC1. The van der Waals surface area contributed by atoms with E-state index in [2.05, 4.69) is 9.89 Å². The lowest BCUT2D eigenvalue weighted by molar-refractivity contribution is 0.390. The summed E-state index contributed by atoms with van der Waals surface area (Å²) in [6, 6.07) is 0. The lowest BCUT2D eigenvalue weighted by Gasteiger charge is -2.24. The second-order valence-corrected chi connectivity index (χ2v) is 5.26. The zero-order valence-corrected chi connectivity index (χ0v) is 9.96. The van der Waals surface area contributed by atoms with Crippen molar-refractivity contribution in [3.8, 4) is 6.19 Å². The van der Waals surface area contributed by atoms with Crippen LogP contribution in [0.15, 0.2) is 4.99 Å². The van der Waals surface area contributed by atoms with Gasteiger partial charge in [-0.2, -0.15) is 5.26 Å². The van der Waals surface area contributed by atoms with Crippen LogP contribution in [0, 0.1) is 23.3 Å². The fraction of sp³-hybridized carbons (Fsp3) is 0.818. The van der Waals surface area contributed by atoms with Gasteiger partial charge in [-0.3, -0.25) is 0 Å². The lowest BCUT2D eigenvalue weighted by Crippen LogP contribution is -2.32. The first-order chi connectivity index (χ1) is 7.33. The summed E-state index contributed by atoms with van der Waals surface area (Å²) in [5, 5.41) is 9.55. The van der Waals surface area contributed by atoms with Gasteiger partial charge in [0, 0.05) is 13.1 Å². The zero-order chi connectivity index (χ0) is 10.7. The van der Waals surface area contributed by atoms with Gasteiger partial charge in [0.1, 0.15) is 0 Å². The predicted octanol–water partition coefficient (Wildman–Crippen LogP) is 2.31. The molecule has 3 nitrogen and oxygen atoms in total. The van der Waals surface area contributed by atoms with Gasteiger partial charge in [0.25, 0.3) is 0 Å². The Morgan fingerprint density at radius 3 is 2.20 bits per heavy atom. The topological polar surface area (TPSA) is 39.4 Å². The van der Waals surface area contributed by atoms with E-state index < -0.39 is 0 Å². The first-order valence-electron chi connectivity index (χ1n) is 5.59. The van der Waals surface area contributed by atoms with Crippen LogP contribution >= 0.6 is 11.8 Å². The van der Waals surface area contributed by atoms with Crippen molar-refractivity contribution in [2.45, 2.75) is 25.7 Å². The molecule has 0 unspecified atom stereocenters. The molecule has 0 radical (unpaired) electrons. The van der Waals surface area contributed by atoms with Crippen LogP contribution in [0.2, 0.25) is 0 Å². The maximum atomic E-state index is 8.64. The van der Waals surface area contributed by atoms with Gasteiger partial charge < -0.3 is 4.90 Å². The van der Waals surface area contributed by atoms with Crippen LogP contribution < -0.4 is 0 Å². The number of hydrogen-bond acceptors (Lipinski definition) is 3. The molecule has 0 aromatic rings. The van der Waals surface area contributed by atoms with Crippen molar-refractivity contribution in [3.63, 3.8) is 0 Å². The third-order valence-electron chi connectivity index (χ3n) is 2.95. The summed E-state index contributed by atoms with van der Waals surface area (Å²) in [5.74, 6) is 1.72. The molecule has 0 saturated heterocycles. The predicted molar refractivity (Wildman–Crippen MR) is 63.6 cm³/mol. The number of rotatable bonds is 4. The molecular weight excluding hydrogens is 206 g/mol. The van der Waals surface area contributed by atoms with Crippen LogP contribution in [-0.4, -0.2) is 29.4 Å². The lowest BCUT2D eigenvalue weighted by atomic mass is 10.3. The summed E-state index contributed by atoms with van der Waals surface area (Å²) in [5.41, 5.74) is 0. The number of thioether (sulfide) groups is 1. The van der Waals surface area contributed by atoms with Gasteiger partial charge in [0.15, 0.2) is 5.17 Å². The highest BCUT2D eigenvalue weighted by molar-refractivity contribution is 8.13. The van der Waals surface area contributed by atoms with E-state index in [0.717, 1.165) is 30.1 Å². The first kappa shape index (κ1) is 10.8. The molecule has 2 rings (SSSR count). The Bertz CT molecular complexity index is 273. The maximum absolute atomic E-state index is 8.64. The van der Waals surface area contributed by atoms with E-state index in [1.807, 2.05) is 12.4 Å². The van der Waals surface area contributed by atoms with Crippen molar-refractivity contribution >= 4 is 16.9 Å². The fourth-order valence-electron chi connectivity index (χ4n) is 1.74. The highest BCUT2D eigenvalue weighted by Gasteiger charge is 2.30. The molecule has 0 spiro atoms. The van der Waals surface area contributed by atoms with E-state index >= 15 is 0 Å². The average molecular weight is 223 g/mol. The minimum absolute atomic E-state index is 0.861. The minimum atomic E-state index is 0.861. The largest absolute Gasteiger partial charge is 0.350 e. The Kier molecular flexibility index (Phi) is 3.53.